The highest BCUT2D eigenvalue weighted by Crippen LogP contribution is 2.37. The number of nitrogens with zero attached hydrogens (tertiary/aromatic N) is 6. The normalized spacial score (nSPS) is 16.4. The van der Waals surface area contributed by atoms with Gasteiger partial charge in [-0.3, -0.25) is 10.1 Å². The van der Waals surface area contributed by atoms with E-state index in [9.17, 15) is 14.9 Å². The minimum Gasteiger partial charge on any atom is -0.490 e. The molecule has 0 spiro atoms. The maximum Gasteiger partial charge on any atom is 0.338 e. The molecule has 0 atom stereocenters. The zero-order valence-corrected chi connectivity index (χ0v) is 38.4. The van der Waals surface area contributed by atoms with Crippen LogP contribution in [0.2, 0.25) is 0 Å². The number of carbonyl (C=O) groups is 1. The number of aryl methyl sites for hydroxylation is 2. The van der Waals surface area contributed by atoms with Crippen molar-refractivity contribution in [1.29, 1.82) is 0 Å². The van der Waals surface area contributed by atoms with Crippen molar-refractivity contribution >= 4 is 40.1 Å². The summed E-state index contributed by atoms with van der Waals surface area (Å²) in [7, 11) is 1.60. The van der Waals surface area contributed by atoms with E-state index in [0.717, 1.165) is 45.8 Å². The van der Waals surface area contributed by atoms with E-state index in [1.54, 1.807) is 26.2 Å². The maximum absolute atomic E-state index is 12.3. The topological polar surface area (TPSA) is 178 Å². The number of hydrogen-bond donors (Lipinski definition) is 0. The van der Waals surface area contributed by atoms with E-state index < -0.39 is 10.9 Å². The van der Waals surface area contributed by atoms with Gasteiger partial charge in [0.15, 0.2) is 5.69 Å². The third-order valence-electron chi connectivity index (χ3n) is 10.7. The van der Waals surface area contributed by atoms with Gasteiger partial charge in [0.05, 0.1) is 112 Å². The van der Waals surface area contributed by atoms with Gasteiger partial charge in [0.25, 0.3) is 5.69 Å². The Bertz CT molecular complexity index is 2110. The summed E-state index contributed by atoms with van der Waals surface area (Å²) in [6, 6.07) is 21.7. The third kappa shape index (κ3) is 14.7. The second-order valence-corrected chi connectivity index (χ2v) is 15.4. The standard InChI is InChI=1S/C48H62N6O12/c1-5-63-48(55)38-8-10-40(44(34-38)54(56)57)50-49-39-9-13-43(47(35-39)66-31-26-58-4)53-18-24-64-45-32-36(2)6-11-41(45)51-14-20-59-27-29-61-22-16-52(17-23-62-30-28-60-21-15-51)42-12-7-37(3)33-46(42)65-25-19-53/h6-13,32-35H,5,14-31H2,1-4H3. The summed E-state index contributed by atoms with van der Waals surface area (Å²) in [5.41, 5.74) is 4.71. The lowest BCUT2D eigenvalue weighted by atomic mass is 10.2. The molecule has 356 valence electrons. The van der Waals surface area contributed by atoms with Crippen LogP contribution in [-0.2, 0) is 28.4 Å². The molecule has 0 radical (unpaired) electrons. The number of fused-ring (bicyclic) bond motifs is 20. The summed E-state index contributed by atoms with van der Waals surface area (Å²) >= 11 is 0. The number of rotatable bonds is 10. The van der Waals surface area contributed by atoms with E-state index in [1.165, 1.54) is 12.1 Å². The lowest BCUT2D eigenvalue weighted by molar-refractivity contribution is -0.384. The second-order valence-electron chi connectivity index (χ2n) is 15.4. The lowest BCUT2D eigenvalue weighted by Crippen LogP contribution is -2.34. The van der Waals surface area contributed by atoms with Gasteiger partial charge in [-0.15, -0.1) is 5.11 Å². The lowest BCUT2D eigenvalue weighted by Gasteiger charge is -2.29. The van der Waals surface area contributed by atoms with E-state index in [-0.39, 0.29) is 30.2 Å². The zero-order valence-electron chi connectivity index (χ0n) is 38.4. The Morgan fingerprint density at radius 3 is 1.67 bits per heavy atom. The van der Waals surface area contributed by atoms with Crippen molar-refractivity contribution in [2.24, 2.45) is 10.2 Å². The first-order valence-corrected chi connectivity index (χ1v) is 22.4. The molecule has 18 nitrogen and oxygen atoms in total. The highest BCUT2D eigenvalue weighted by molar-refractivity contribution is 5.91. The number of azo groups is 1. The summed E-state index contributed by atoms with van der Waals surface area (Å²) < 4.78 is 54.3. The number of esters is 1. The van der Waals surface area contributed by atoms with Crippen molar-refractivity contribution in [2.45, 2.75) is 20.8 Å². The fourth-order valence-electron chi connectivity index (χ4n) is 7.31. The van der Waals surface area contributed by atoms with Gasteiger partial charge < -0.3 is 57.3 Å². The number of nitro groups is 1. The van der Waals surface area contributed by atoms with Crippen LogP contribution in [0, 0.1) is 24.0 Å². The van der Waals surface area contributed by atoms with Gasteiger partial charge in [0.1, 0.15) is 37.1 Å². The van der Waals surface area contributed by atoms with Crippen molar-refractivity contribution in [2.75, 3.05) is 147 Å². The van der Waals surface area contributed by atoms with Gasteiger partial charge in [-0.05, 0) is 80.4 Å². The Kier molecular flexibility index (Phi) is 19.6. The molecular formula is C48H62N6O12. The zero-order chi connectivity index (χ0) is 46.5. The van der Waals surface area contributed by atoms with E-state index >= 15 is 0 Å². The van der Waals surface area contributed by atoms with Crippen molar-refractivity contribution in [3.63, 3.8) is 0 Å². The van der Waals surface area contributed by atoms with E-state index in [4.69, 9.17) is 42.6 Å². The smallest absolute Gasteiger partial charge is 0.338 e. The van der Waals surface area contributed by atoms with Crippen LogP contribution in [0.25, 0.3) is 0 Å². The molecule has 2 bridgehead atoms. The van der Waals surface area contributed by atoms with Crippen LogP contribution >= 0.6 is 0 Å². The average Bonchev–Trinajstić information content (AvgIpc) is 3.30. The maximum atomic E-state index is 12.3. The van der Waals surface area contributed by atoms with Gasteiger partial charge >= 0.3 is 5.97 Å². The van der Waals surface area contributed by atoms with Gasteiger partial charge in [0, 0.05) is 45.4 Å². The Morgan fingerprint density at radius 1 is 0.636 bits per heavy atom. The Morgan fingerprint density at radius 2 is 1.15 bits per heavy atom. The first-order chi connectivity index (χ1) is 32.2. The summed E-state index contributed by atoms with van der Waals surface area (Å²) in [6.07, 6.45) is 0. The van der Waals surface area contributed by atoms with Crippen molar-refractivity contribution in [3.05, 3.63) is 99.6 Å². The van der Waals surface area contributed by atoms with E-state index in [0.29, 0.717) is 123 Å². The van der Waals surface area contributed by atoms with Crippen LogP contribution in [0.5, 0.6) is 17.2 Å². The summed E-state index contributed by atoms with van der Waals surface area (Å²) in [5.74, 6) is 1.28. The van der Waals surface area contributed by atoms with Crippen LogP contribution in [0.1, 0.15) is 28.4 Å². The second kappa shape index (κ2) is 26.2. The largest absolute Gasteiger partial charge is 0.490 e. The Hall–Kier alpha value is -6.05. The molecule has 0 unspecified atom stereocenters. The van der Waals surface area contributed by atoms with E-state index in [1.807, 2.05) is 32.0 Å². The Balaban J connectivity index is 1.36. The molecular weight excluding hydrogens is 853 g/mol. The van der Waals surface area contributed by atoms with Gasteiger partial charge in [-0.25, -0.2) is 4.79 Å². The molecule has 1 fully saturated rings. The molecule has 0 N–H and O–H groups in total. The monoisotopic (exact) mass is 914 g/mol. The van der Waals surface area contributed by atoms with Gasteiger partial charge in [-0.2, -0.15) is 5.11 Å². The van der Waals surface area contributed by atoms with Crippen LogP contribution in [0.4, 0.5) is 34.1 Å². The van der Waals surface area contributed by atoms with Crippen molar-refractivity contribution in [1.82, 2.24) is 0 Å². The molecule has 4 aromatic carbocycles. The summed E-state index contributed by atoms with van der Waals surface area (Å²) in [5, 5.41) is 20.6. The quantitative estimate of drug-likeness (QED) is 0.0381. The number of nitro benzene ring substituents is 1. The number of anilines is 3. The Labute approximate surface area is 386 Å². The van der Waals surface area contributed by atoms with Gasteiger partial charge in [-0.1, -0.05) is 12.1 Å². The number of carbonyl (C=O) groups excluding carboxylic acids is 1. The van der Waals surface area contributed by atoms with Crippen LogP contribution < -0.4 is 28.9 Å². The van der Waals surface area contributed by atoms with Crippen LogP contribution in [0.3, 0.4) is 0 Å². The minimum atomic E-state index is -0.668. The average molecular weight is 915 g/mol. The molecule has 66 heavy (non-hydrogen) atoms. The fraction of sp³-hybridized carbons (Fsp3) is 0.479. The highest BCUT2D eigenvalue weighted by Gasteiger charge is 2.21. The first-order valence-electron chi connectivity index (χ1n) is 22.4. The molecule has 0 saturated carbocycles. The van der Waals surface area contributed by atoms with E-state index in [2.05, 4.69) is 49.2 Å². The number of benzene rings is 4. The van der Waals surface area contributed by atoms with Crippen LogP contribution in [-0.4, -0.2) is 143 Å². The first kappa shape index (κ1) is 49.4. The molecule has 3 heterocycles. The number of hydrogen-bond acceptors (Lipinski definition) is 17. The predicted octanol–water partition coefficient (Wildman–Crippen LogP) is 7.50. The van der Waals surface area contributed by atoms with Crippen LogP contribution in [0.15, 0.2) is 83.0 Å². The summed E-state index contributed by atoms with van der Waals surface area (Å²) in [4.78, 5) is 30.3. The highest BCUT2D eigenvalue weighted by atomic mass is 16.6. The minimum absolute atomic E-state index is 0.0291. The van der Waals surface area contributed by atoms with Crippen molar-refractivity contribution < 1.29 is 52.3 Å². The third-order valence-corrected chi connectivity index (χ3v) is 10.7. The number of methoxy groups -OCH3 is 1. The molecule has 3 aliphatic heterocycles. The molecule has 3 aliphatic rings. The molecule has 18 heteroatoms. The molecule has 0 amide bonds. The fourth-order valence-corrected chi connectivity index (χ4v) is 7.31. The molecule has 7 rings (SSSR count). The molecule has 4 aromatic rings. The summed E-state index contributed by atoms with van der Waals surface area (Å²) in [6.45, 7) is 14.2. The number of ether oxygens (including phenoxy) is 9. The molecule has 0 aromatic heterocycles. The van der Waals surface area contributed by atoms with Crippen molar-refractivity contribution in [3.8, 4) is 17.2 Å². The SMILES string of the molecule is CCOC(=O)c1ccc(N=Nc2ccc(N3CCOc4cc(C)ccc4N4CCOCCOCCN(CCOCCOCC4)c4ccc(C)cc4OCC3)c(OCCOC)c2)c([N+](=O)[O-])c1. The predicted molar refractivity (Wildman–Crippen MR) is 250 cm³/mol. The molecule has 0 aliphatic carbocycles. The van der Waals surface area contributed by atoms with Gasteiger partial charge in [0.2, 0.25) is 0 Å². The molecule has 1 saturated heterocycles.